The van der Waals surface area contributed by atoms with Gasteiger partial charge in [0.05, 0.1) is 0 Å². The van der Waals surface area contributed by atoms with Crippen molar-refractivity contribution in [1.29, 1.82) is 0 Å². The molecule has 1 aromatic carbocycles. The molecule has 0 bridgehead atoms. The van der Waals surface area contributed by atoms with Gasteiger partial charge in [-0.25, -0.2) is 4.39 Å². The second kappa shape index (κ2) is 2.87. The van der Waals surface area contributed by atoms with Crippen LogP contribution >= 0.6 is 0 Å². The van der Waals surface area contributed by atoms with E-state index in [0.29, 0.717) is 5.92 Å². The largest absolute Gasteiger partial charge is 0.319 e. The number of hydrogen-bond acceptors (Lipinski definition) is 1. The van der Waals surface area contributed by atoms with E-state index >= 15 is 0 Å². The molecule has 0 saturated heterocycles. The minimum absolute atomic E-state index is 0.0426. The highest BCUT2D eigenvalue weighted by Crippen LogP contribution is 2.36. The van der Waals surface area contributed by atoms with Crippen LogP contribution in [0.4, 0.5) is 4.39 Å². The molecule has 64 valence electrons. The molecule has 1 aliphatic rings. The molecule has 0 aliphatic heterocycles. The van der Waals surface area contributed by atoms with Crippen LogP contribution < -0.4 is 5.32 Å². The van der Waals surface area contributed by atoms with E-state index < -0.39 is 0 Å². The minimum Gasteiger partial charge on any atom is -0.319 e. The third kappa shape index (κ3) is 1.03. The van der Waals surface area contributed by atoms with Gasteiger partial charge in [-0.15, -0.1) is 0 Å². The number of fused-ring (bicyclic) bond motifs is 1. The predicted octanol–water partition coefficient (Wildman–Crippen LogP) is 1.68. The summed E-state index contributed by atoms with van der Waals surface area (Å²) in [5.74, 6) is 0.352. The summed E-state index contributed by atoms with van der Waals surface area (Å²) in [6.07, 6.45) is 1.02. The zero-order valence-corrected chi connectivity index (χ0v) is 7.10. The summed E-state index contributed by atoms with van der Waals surface area (Å²) in [5, 5.41) is 3.07. The summed E-state index contributed by atoms with van der Waals surface area (Å²) in [4.78, 5) is 0. The molecule has 0 amide bonds. The van der Waals surface area contributed by atoms with Gasteiger partial charge < -0.3 is 5.32 Å². The van der Waals surface area contributed by atoms with Crippen molar-refractivity contribution in [3.8, 4) is 0 Å². The molecule has 1 unspecified atom stereocenters. The SMILES string of the molecule is CNCC1Cc2cccc(F)c21. The number of halogens is 1. The second-order valence-electron chi connectivity index (χ2n) is 3.27. The number of rotatable bonds is 2. The molecule has 0 aromatic heterocycles. The normalized spacial score (nSPS) is 20.0. The molecule has 0 spiro atoms. The second-order valence-corrected chi connectivity index (χ2v) is 3.27. The number of likely N-dealkylation sites (N-methyl/N-ethyl adjacent to an activating group) is 1. The average Bonchev–Trinajstić information content (AvgIpc) is 2.00. The van der Waals surface area contributed by atoms with E-state index in [9.17, 15) is 4.39 Å². The maximum absolute atomic E-state index is 13.2. The van der Waals surface area contributed by atoms with Crippen LogP contribution in [0, 0.1) is 5.82 Å². The first-order valence-corrected chi connectivity index (χ1v) is 4.25. The molecule has 1 N–H and O–H groups in total. The van der Waals surface area contributed by atoms with E-state index in [1.165, 1.54) is 5.56 Å². The quantitative estimate of drug-likeness (QED) is 0.703. The van der Waals surface area contributed by atoms with E-state index in [2.05, 4.69) is 5.32 Å². The van der Waals surface area contributed by atoms with Gasteiger partial charge in [0.2, 0.25) is 0 Å². The first-order valence-electron chi connectivity index (χ1n) is 4.25. The lowest BCUT2D eigenvalue weighted by molar-refractivity contribution is 0.509. The predicted molar refractivity (Wildman–Crippen MR) is 46.8 cm³/mol. The van der Waals surface area contributed by atoms with Crippen LogP contribution in [-0.4, -0.2) is 13.6 Å². The van der Waals surface area contributed by atoms with Crippen molar-refractivity contribution in [3.63, 3.8) is 0 Å². The maximum Gasteiger partial charge on any atom is 0.127 e. The van der Waals surface area contributed by atoms with Crippen LogP contribution in [0.3, 0.4) is 0 Å². The fraction of sp³-hybridized carbons (Fsp3) is 0.400. The van der Waals surface area contributed by atoms with Gasteiger partial charge in [-0.2, -0.15) is 0 Å². The average molecular weight is 165 g/mol. The Hall–Kier alpha value is -0.890. The Morgan fingerprint density at radius 3 is 3.08 bits per heavy atom. The molecule has 0 fully saturated rings. The zero-order valence-electron chi connectivity index (χ0n) is 7.10. The Bertz CT molecular complexity index is 282. The molecule has 0 radical (unpaired) electrons. The Morgan fingerprint density at radius 1 is 1.58 bits per heavy atom. The summed E-state index contributed by atoms with van der Waals surface area (Å²) in [6.45, 7) is 0.883. The van der Waals surface area contributed by atoms with E-state index in [4.69, 9.17) is 0 Å². The van der Waals surface area contributed by atoms with Crippen molar-refractivity contribution in [2.24, 2.45) is 0 Å². The molecule has 1 aromatic rings. The van der Waals surface area contributed by atoms with Gasteiger partial charge in [-0.3, -0.25) is 0 Å². The molecule has 2 heteroatoms. The molecule has 2 rings (SSSR count). The van der Waals surface area contributed by atoms with E-state index in [1.807, 2.05) is 13.1 Å². The van der Waals surface area contributed by atoms with Crippen molar-refractivity contribution in [3.05, 3.63) is 35.1 Å². The molecular formula is C10H12FN. The highest BCUT2D eigenvalue weighted by molar-refractivity contribution is 5.41. The zero-order chi connectivity index (χ0) is 8.55. The standard InChI is InChI=1S/C10H12FN/c1-12-6-8-5-7-3-2-4-9(11)10(7)8/h2-4,8,12H,5-6H2,1H3. The maximum atomic E-state index is 13.2. The molecule has 0 saturated carbocycles. The highest BCUT2D eigenvalue weighted by atomic mass is 19.1. The van der Waals surface area contributed by atoms with E-state index in [1.54, 1.807) is 12.1 Å². The van der Waals surface area contributed by atoms with Crippen molar-refractivity contribution < 1.29 is 4.39 Å². The van der Waals surface area contributed by atoms with Crippen LogP contribution in [0.15, 0.2) is 18.2 Å². The van der Waals surface area contributed by atoms with Gasteiger partial charge >= 0.3 is 0 Å². The molecular weight excluding hydrogens is 153 g/mol. The van der Waals surface area contributed by atoms with Crippen molar-refractivity contribution in [2.45, 2.75) is 12.3 Å². The van der Waals surface area contributed by atoms with Crippen molar-refractivity contribution in [2.75, 3.05) is 13.6 Å². The molecule has 1 nitrogen and oxygen atoms in total. The van der Waals surface area contributed by atoms with E-state index in [0.717, 1.165) is 18.5 Å². The fourth-order valence-electron chi connectivity index (χ4n) is 1.87. The summed E-state index contributed by atoms with van der Waals surface area (Å²) in [5.41, 5.74) is 2.10. The van der Waals surface area contributed by atoms with Gasteiger partial charge in [-0.1, -0.05) is 12.1 Å². The van der Waals surface area contributed by atoms with Gasteiger partial charge in [0.15, 0.2) is 0 Å². The number of benzene rings is 1. The summed E-state index contributed by atoms with van der Waals surface area (Å²) in [7, 11) is 1.90. The van der Waals surface area contributed by atoms with Crippen LogP contribution in [-0.2, 0) is 6.42 Å². The monoisotopic (exact) mass is 165 g/mol. The third-order valence-corrected chi connectivity index (χ3v) is 2.47. The summed E-state index contributed by atoms with van der Waals surface area (Å²) >= 11 is 0. The van der Waals surface area contributed by atoms with Gasteiger partial charge in [-0.05, 0) is 30.7 Å². The van der Waals surface area contributed by atoms with Crippen LogP contribution in [0.1, 0.15) is 17.0 Å². The first-order chi connectivity index (χ1) is 5.83. The van der Waals surface area contributed by atoms with Crippen LogP contribution in [0.5, 0.6) is 0 Å². The van der Waals surface area contributed by atoms with Gasteiger partial charge in [0, 0.05) is 12.5 Å². The lowest BCUT2D eigenvalue weighted by atomic mass is 9.77. The van der Waals surface area contributed by atoms with Crippen molar-refractivity contribution in [1.82, 2.24) is 5.32 Å². The molecule has 0 heterocycles. The number of hydrogen-bond donors (Lipinski definition) is 1. The van der Waals surface area contributed by atoms with E-state index in [-0.39, 0.29) is 5.82 Å². The fourth-order valence-corrected chi connectivity index (χ4v) is 1.87. The van der Waals surface area contributed by atoms with Crippen LogP contribution in [0.25, 0.3) is 0 Å². The molecule has 1 atom stereocenters. The Balaban J connectivity index is 2.27. The van der Waals surface area contributed by atoms with Crippen LogP contribution in [0.2, 0.25) is 0 Å². The minimum atomic E-state index is -0.0426. The highest BCUT2D eigenvalue weighted by Gasteiger charge is 2.28. The number of nitrogens with one attached hydrogen (secondary N) is 1. The third-order valence-electron chi connectivity index (χ3n) is 2.47. The lowest BCUT2D eigenvalue weighted by Crippen LogP contribution is -2.28. The lowest BCUT2D eigenvalue weighted by Gasteiger charge is -2.30. The summed E-state index contributed by atoms with van der Waals surface area (Å²) in [6, 6.07) is 5.33. The Kier molecular flexibility index (Phi) is 1.85. The van der Waals surface area contributed by atoms with Crippen molar-refractivity contribution >= 4 is 0 Å². The Labute approximate surface area is 71.6 Å². The Morgan fingerprint density at radius 2 is 2.42 bits per heavy atom. The van der Waals surface area contributed by atoms with Gasteiger partial charge in [0.1, 0.15) is 5.82 Å². The molecule has 1 aliphatic carbocycles. The first kappa shape index (κ1) is 7.74. The smallest absolute Gasteiger partial charge is 0.127 e. The summed E-state index contributed by atoms with van der Waals surface area (Å²) < 4.78 is 13.2. The topological polar surface area (TPSA) is 12.0 Å². The van der Waals surface area contributed by atoms with Gasteiger partial charge in [0.25, 0.3) is 0 Å². The molecule has 12 heavy (non-hydrogen) atoms.